The van der Waals surface area contributed by atoms with Gasteiger partial charge >= 0.3 is 12.1 Å². The Morgan fingerprint density at radius 2 is 2.14 bits per heavy atom. The van der Waals surface area contributed by atoms with Crippen LogP contribution in [-0.2, 0) is 11.3 Å². The highest BCUT2D eigenvalue weighted by atomic mass is 79.9. The SMILES string of the molecule is CC(Cn1cncn1)Nc1nc(N(C)CC2CCCS2)nc2cc(Br)ccc12.O=C(O)C(F)(F)F. The zero-order valence-corrected chi connectivity index (χ0v) is 21.4. The van der Waals surface area contributed by atoms with Crippen LogP contribution in [0, 0.1) is 0 Å². The fourth-order valence-electron chi connectivity index (χ4n) is 3.43. The molecule has 0 saturated carbocycles. The van der Waals surface area contributed by atoms with Crippen molar-refractivity contribution >= 4 is 56.3 Å². The van der Waals surface area contributed by atoms with Crippen LogP contribution < -0.4 is 10.2 Å². The Morgan fingerprint density at radius 1 is 1.40 bits per heavy atom. The molecule has 2 atom stereocenters. The molecule has 9 nitrogen and oxygen atoms in total. The Balaban J connectivity index is 0.000000429. The number of aromatic nitrogens is 5. The van der Waals surface area contributed by atoms with Gasteiger partial charge in [0, 0.05) is 34.7 Å². The molecule has 0 spiro atoms. The van der Waals surface area contributed by atoms with Crippen molar-refractivity contribution in [2.75, 3.05) is 29.6 Å². The molecule has 4 rings (SSSR count). The average molecular weight is 576 g/mol. The van der Waals surface area contributed by atoms with Crippen molar-refractivity contribution in [1.29, 1.82) is 0 Å². The highest BCUT2D eigenvalue weighted by molar-refractivity contribution is 9.10. The second kappa shape index (κ2) is 11.9. The normalized spacial score (nSPS) is 16.5. The summed E-state index contributed by atoms with van der Waals surface area (Å²) in [6.45, 7) is 3.80. The molecule has 3 heterocycles. The second-order valence-corrected chi connectivity index (χ2v) is 10.3. The number of nitrogens with zero attached hydrogens (tertiary/aromatic N) is 6. The number of carboxylic acids is 1. The summed E-state index contributed by atoms with van der Waals surface area (Å²) in [5, 5.41) is 16.5. The van der Waals surface area contributed by atoms with Gasteiger partial charge in [-0.15, -0.1) is 0 Å². The molecule has 0 aliphatic carbocycles. The van der Waals surface area contributed by atoms with Crippen LogP contribution in [0.4, 0.5) is 24.9 Å². The molecule has 190 valence electrons. The Labute approximate surface area is 212 Å². The summed E-state index contributed by atoms with van der Waals surface area (Å²) < 4.78 is 34.6. The largest absolute Gasteiger partial charge is 0.490 e. The first-order valence-electron chi connectivity index (χ1n) is 10.7. The number of halogens is 4. The topological polar surface area (TPSA) is 109 Å². The molecule has 1 aliphatic heterocycles. The minimum Gasteiger partial charge on any atom is -0.475 e. The van der Waals surface area contributed by atoms with Crippen molar-refractivity contribution in [3.8, 4) is 0 Å². The Kier molecular flexibility index (Phi) is 9.16. The molecule has 0 amide bonds. The van der Waals surface area contributed by atoms with Crippen molar-refractivity contribution in [2.45, 2.75) is 43.8 Å². The van der Waals surface area contributed by atoms with Crippen molar-refractivity contribution in [3.63, 3.8) is 0 Å². The van der Waals surface area contributed by atoms with E-state index in [1.807, 2.05) is 16.8 Å². The third kappa shape index (κ3) is 7.95. The van der Waals surface area contributed by atoms with Crippen LogP contribution in [0.3, 0.4) is 0 Å². The minimum absolute atomic E-state index is 0.145. The number of benzene rings is 1. The molecule has 1 aliphatic rings. The number of rotatable bonds is 7. The summed E-state index contributed by atoms with van der Waals surface area (Å²) in [6, 6.07) is 6.27. The Morgan fingerprint density at radius 3 is 2.74 bits per heavy atom. The lowest BCUT2D eigenvalue weighted by Gasteiger charge is -2.23. The first-order valence-corrected chi connectivity index (χ1v) is 12.6. The van der Waals surface area contributed by atoms with Crippen LogP contribution in [0.1, 0.15) is 19.8 Å². The number of nitrogens with one attached hydrogen (secondary N) is 1. The van der Waals surface area contributed by atoms with Gasteiger partial charge in [-0.05, 0) is 43.7 Å². The number of alkyl halides is 3. The lowest BCUT2D eigenvalue weighted by atomic mass is 10.2. The van der Waals surface area contributed by atoms with E-state index in [1.54, 1.807) is 12.7 Å². The van der Waals surface area contributed by atoms with Crippen LogP contribution in [-0.4, -0.2) is 72.6 Å². The maximum atomic E-state index is 10.6. The zero-order chi connectivity index (χ0) is 25.6. The highest BCUT2D eigenvalue weighted by Gasteiger charge is 2.38. The second-order valence-electron chi connectivity index (χ2n) is 8.02. The van der Waals surface area contributed by atoms with Crippen LogP contribution in [0.2, 0.25) is 0 Å². The molecule has 1 aromatic carbocycles. The number of carboxylic acid groups (broad SMARTS) is 1. The quantitative estimate of drug-likeness (QED) is 0.422. The van der Waals surface area contributed by atoms with Crippen molar-refractivity contribution in [2.24, 2.45) is 0 Å². The van der Waals surface area contributed by atoms with Gasteiger partial charge in [-0.2, -0.15) is 35.0 Å². The van der Waals surface area contributed by atoms with E-state index in [0.717, 1.165) is 33.7 Å². The number of anilines is 2. The maximum absolute atomic E-state index is 10.6. The molecule has 14 heteroatoms. The third-order valence-corrected chi connectivity index (χ3v) is 6.92. The van der Waals surface area contributed by atoms with E-state index in [4.69, 9.17) is 19.9 Å². The maximum Gasteiger partial charge on any atom is 0.490 e. The molecule has 35 heavy (non-hydrogen) atoms. The van der Waals surface area contributed by atoms with Gasteiger partial charge in [0.15, 0.2) is 0 Å². The first kappa shape index (κ1) is 27.0. The van der Waals surface area contributed by atoms with E-state index in [-0.39, 0.29) is 6.04 Å². The van der Waals surface area contributed by atoms with E-state index in [0.29, 0.717) is 11.8 Å². The first-order chi connectivity index (χ1) is 16.5. The van der Waals surface area contributed by atoms with Crippen molar-refractivity contribution in [1.82, 2.24) is 24.7 Å². The van der Waals surface area contributed by atoms with Crippen molar-refractivity contribution in [3.05, 3.63) is 35.3 Å². The molecule has 0 radical (unpaired) electrons. The molecule has 0 bridgehead atoms. The molecule has 3 aromatic rings. The van der Waals surface area contributed by atoms with Gasteiger partial charge in [-0.1, -0.05) is 15.9 Å². The molecular weight excluding hydrogens is 551 g/mol. The zero-order valence-electron chi connectivity index (χ0n) is 19.0. The molecule has 2 aromatic heterocycles. The van der Waals surface area contributed by atoms with E-state index >= 15 is 0 Å². The van der Waals surface area contributed by atoms with E-state index in [2.05, 4.69) is 68.0 Å². The fraction of sp³-hybridized carbons (Fsp3) is 0.476. The molecule has 2 unspecified atom stereocenters. The highest BCUT2D eigenvalue weighted by Crippen LogP contribution is 2.30. The summed E-state index contributed by atoms with van der Waals surface area (Å²) >= 11 is 5.62. The van der Waals surface area contributed by atoms with Gasteiger partial charge in [0.2, 0.25) is 5.95 Å². The standard InChI is InChI=1S/C19H24BrN7S.C2HF3O2/c1-13(9-27-12-21-11-22-27)23-18-16-6-5-14(20)8-17(16)24-19(25-18)26(2)10-15-4-3-7-28-15;3-2(4,5)1(6)7/h5-6,8,11-13,15H,3-4,7,9-10H2,1-2H3,(H,23,24,25);(H,6,7). The monoisotopic (exact) mass is 575 g/mol. The fourth-order valence-corrected chi connectivity index (χ4v) is 5.11. The van der Waals surface area contributed by atoms with Gasteiger partial charge in [-0.3, -0.25) is 4.68 Å². The van der Waals surface area contributed by atoms with Gasteiger partial charge in [0.1, 0.15) is 18.5 Å². The number of carbonyl (C=O) groups is 1. The molecule has 1 fully saturated rings. The smallest absolute Gasteiger partial charge is 0.475 e. The predicted octanol–water partition coefficient (Wildman–Crippen LogP) is 4.45. The number of hydrogen-bond donors (Lipinski definition) is 2. The molecular formula is C21H25BrF3N7O2S. The summed E-state index contributed by atoms with van der Waals surface area (Å²) in [5.74, 6) is 0.114. The average Bonchev–Trinajstić information content (AvgIpc) is 3.47. The van der Waals surface area contributed by atoms with Gasteiger partial charge in [0.25, 0.3) is 0 Å². The number of hydrogen-bond acceptors (Lipinski definition) is 8. The summed E-state index contributed by atoms with van der Waals surface area (Å²) in [5.41, 5.74) is 0.931. The molecule has 2 N–H and O–H groups in total. The van der Waals surface area contributed by atoms with E-state index in [1.165, 1.54) is 18.6 Å². The van der Waals surface area contributed by atoms with Crippen molar-refractivity contribution < 1.29 is 23.1 Å². The van der Waals surface area contributed by atoms with Gasteiger partial charge in [-0.25, -0.2) is 14.8 Å². The lowest BCUT2D eigenvalue weighted by molar-refractivity contribution is -0.192. The van der Waals surface area contributed by atoms with Crippen LogP contribution in [0.5, 0.6) is 0 Å². The summed E-state index contributed by atoms with van der Waals surface area (Å²) in [6.07, 6.45) is 0.778. The van der Waals surface area contributed by atoms with E-state index in [9.17, 15) is 13.2 Å². The van der Waals surface area contributed by atoms with Crippen LogP contribution >= 0.6 is 27.7 Å². The predicted molar refractivity (Wildman–Crippen MR) is 133 cm³/mol. The third-order valence-electron chi connectivity index (χ3n) is 5.04. The minimum atomic E-state index is -5.08. The Bertz CT molecular complexity index is 1130. The number of aliphatic carboxylic acids is 1. The lowest BCUT2D eigenvalue weighted by Crippen LogP contribution is -2.28. The number of thioether (sulfide) groups is 1. The van der Waals surface area contributed by atoms with Crippen LogP contribution in [0.25, 0.3) is 10.9 Å². The van der Waals surface area contributed by atoms with E-state index < -0.39 is 12.1 Å². The Hall–Kier alpha value is -2.61. The summed E-state index contributed by atoms with van der Waals surface area (Å²) in [7, 11) is 2.08. The van der Waals surface area contributed by atoms with Gasteiger partial charge < -0.3 is 15.3 Å². The molecule has 1 saturated heterocycles. The van der Waals surface area contributed by atoms with Gasteiger partial charge in [0.05, 0.1) is 12.1 Å². The summed E-state index contributed by atoms with van der Waals surface area (Å²) in [4.78, 5) is 24.8. The number of fused-ring (bicyclic) bond motifs is 1. The van der Waals surface area contributed by atoms with Crippen LogP contribution in [0.15, 0.2) is 35.3 Å².